The molecule has 1 heterocycles. The number of hydrogen-bond acceptors (Lipinski definition) is 1. The van der Waals surface area contributed by atoms with Gasteiger partial charge in [-0.25, -0.2) is 0 Å². The first-order chi connectivity index (χ1) is 8.13. The van der Waals surface area contributed by atoms with E-state index in [0.717, 1.165) is 10.8 Å². The first-order valence-corrected chi connectivity index (χ1v) is 7.24. The summed E-state index contributed by atoms with van der Waals surface area (Å²) < 4.78 is 0. The van der Waals surface area contributed by atoms with Crippen LogP contribution in [-0.2, 0) is 5.75 Å². The smallest absolute Gasteiger partial charge is 0.0409 e. The lowest BCUT2D eigenvalue weighted by atomic mass is 9.89. The Balaban J connectivity index is 2.50. The molecule has 1 aromatic rings. The van der Waals surface area contributed by atoms with Crippen molar-refractivity contribution >= 4 is 23.4 Å². The monoisotopic (exact) mass is 264 g/mol. The van der Waals surface area contributed by atoms with Gasteiger partial charge in [-0.05, 0) is 47.6 Å². The maximum Gasteiger partial charge on any atom is 0.0409 e. The molecule has 2 heteroatoms. The second-order valence-corrected chi connectivity index (χ2v) is 5.99. The van der Waals surface area contributed by atoms with Crippen LogP contribution in [0.1, 0.15) is 37.8 Å². The molecule has 17 heavy (non-hydrogen) atoms. The Morgan fingerprint density at radius 3 is 2.88 bits per heavy atom. The molecule has 0 spiro atoms. The van der Waals surface area contributed by atoms with Gasteiger partial charge in [0.2, 0.25) is 0 Å². The van der Waals surface area contributed by atoms with Crippen LogP contribution in [-0.4, -0.2) is 0 Å². The lowest BCUT2D eigenvalue weighted by molar-refractivity contribution is 0.906. The predicted molar refractivity (Wildman–Crippen MR) is 78.7 cm³/mol. The highest BCUT2D eigenvalue weighted by molar-refractivity contribution is 8.02. The Hall–Kier alpha value is -0.660. The van der Waals surface area contributed by atoms with Crippen LogP contribution < -0.4 is 0 Å². The summed E-state index contributed by atoms with van der Waals surface area (Å²) in [5.41, 5.74) is 4.21. The highest BCUT2D eigenvalue weighted by atomic mass is 35.5. The minimum Gasteiger partial charge on any atom is -0.126 e. The Morgan fingerprint density at radius 2 is 2.18 bits per heavy atom. The standard InChI is InChI=1S/C15H17ClS/c1-4-5-14-10(2)15-7-6-13(16)8-12(15)9-17-11(14)3/h4-8,10H,9H2,1-3H3/b5-4-. The molecule has 0 saturated heterocycles. The third-order valence-corrected chi connectivity index (χ3v) is 4.59. The van der Waals surface area contributed by atoms with Gasteiger partial charge >= 0.3 is 0 Å². The van der Waals surface area contributed by atoms with Crippen LogP contribution >= 0.6 is 23.4 Å². The van der Waals surface area contributed by atoms with E-state index in [4.69, 9.17) is 11.6 Å². The number of fused-ring (bicyclic) bond motifs is 1. The summed E-state index contributed by atoms with van der Waals surface area (Å²) in [5.74, 6) is 1.47. The molecule has 0 radical (unpaired) electrons. The molecule has 90 valence electrons. The van der Waals surface area contributed by atoms with Crippen molar-refractivity contribution in [3.8, 4) is 0 Å². The van der Waals surface area contributed by atoms with Crippen molar-refractivity contribution in [3.05, 3.63) is 57.0 Å². The fourth-order valence-corrected chi connectivity index (χ4v) is 3.53. The van der Waals surface area contributed by atoms with E-state index in [9.17, 15) is 0 Å². The number of benzene rings is 1. The molecule has 0 amide bonds. The maximum absolute atomic E-state index is 6.07. The van der Waals surface area contributed by atoms with Crippen LogP contribution in [0.2, 0.25) is 5.02 Å². The summed E-state index contributed by atoms with van der Waals surface area (Å²) in [7, 11) is 0. The Labute approximate surface area is 113 Å². The van der Waals surface area contributed by atoms with E-state index in [1.807, 2.05) is 17.8 Å². The molecule has 1 atom stereocenters. The minimum absolute atomic E-state index is 0.452. The number of thioether (sulfide) groups is 1. The molecule has 1 unspecified atom stereocenters. The first-order valence-electron chi connectivity index (χ1n) is 5.88. The Morgan fingerprint density at radius 1 is 1.41 bits per heavy atom. The fourth-order valence-electron chi connectivity index (χ4n) is 2.30. The highest BCUT2D eigenvalue weighted by Crippen LogP contribution is 2.40. The van der Waals surface area contributed by atoms with Gasteiger partial charge in [-0.2, -0.15) is 0 Å². The van der Waals surface area contributed by atoms with Gasteiger partial charge in [0, 0.05) is 16.7 Å². The van der Waals surface area contributed by atoms with Crippen molar-refractivity contribution in [2.24, 2.45) is 0 Å². The number of rotatable bonds is 1. The molecule has 0 saturated carbocycles. The molecule has 0 nitrogen and oxygen atoms in total. The summed E-state index contributed by atoms with van der Waals surface area (Å²) in [6.07, 6.45) is 4.35. The Kier molecular flexibility index (Phi) is 4.01. The van der Waals surface area contributed by atoms with E-state index in [1.54, 1.807) is 0 Å². The van der Waals surface area contributed by atoms with Crippen LogP contribution in [0.3, 0.4) is 0 Å². The summed E-state index contributed by atoms with van der Waals surface area (Å²) in [6.45, 7) is 6.56. The number of hydrogen-bond donors (Lipinski definition) is 0. The van der Waals surface area contributed by atoms with Crippen LogP contribution in [0.15, 0.2) is 40.8 Å². The summed E-state index contributed by atoms with van der Waals surface area (Å²) in [6, 6.07) is 6.27. The summed E-state index contributed by atoms with van der Waals surface area (Å²) >= 11 is 7.99. The molecule has 1 aliphatic rings. The van der Waals surface area contributed by atoms with E-state index >= 15 is 0 Å². The molecule has 0 N–H and O–H groups in total. The van der Waals surface area contributed by atoms with Gasteiger partial charge in [0.1, 0.15) is 0 Å². The lowest BCUT2D eigenvalue weighted by Crippen LogP contribution is -1.99. The molecular formula is C15H17ClS. The van der Waals surface area contributed by atoms with Crippen LogP contribution in [0.5, 0.6) is 0 Å². The van der Waals surface area contributed by atoms with Crippen molar-refractivity contribution in [2.45, 2.75) is 32.4 Å². The van der Waals surface area contributed by atoms with Crippen LogP contribution in [0.25, 0.3) is 0 Å². The quantitative estimate of drug-likeness (QED) is 0.642. The molecule has 1 aliphatic heterocycles. The highest BCUT2D eigenvalue weighted by Gasteiger charge is 2.19. The minimum atomic E-state index is 0.452. The summed E-state index contributed by atoms with van der Waals surface area (Å²) in [4.78, 5) is 1.42. The zero-order chi connectivity index (χ0) is 12.4. The molecule has 0 bridgehead atoms. The van der Waals surface area contributed by atoms with E-state index in [-0.39, 0.29) is 0 Å². The number of halogens is 1. The predicted octanol–water partition coefficient (Wildman–Crippen LogP) is 5.54. The normalized spacial score (nSPS) is 20.6. The van der Waals surface area contributed by atoms with E-state index in [1.165, 1.54) is 21.6 Å². The van der Waals surface area contributed by atoms with Gasteiger partial charge < -0.3 is 0 Å². The second-order valence-electron chi connectivity index (χ2n) is 4.37. The van der Waals surface area contributed by atoms with Gasteiger partial charge in [-0.15, -0.1) is 11.8 Å². The van der Waals surface area contributed by atoms with Gasteiger partial charge in [0.25, 0.3) is 0 Å². The van der Waals surface area contributed by atoms with Gasteiger partial charge in [0.05, 0.1) is 0 Å². The third-order valence-electron chi connectivity index (χ3n) is 3.23. The van der Waals surface area contributed by atoms with E-state index in [2.05, 4.69) is 45.1 Å². The van der Waals surface area contributed by atoms with Gasteiger partial charge in [-0.3, -0.25) is 0 Å². The zero-order valence-corrected chi connectivity index (χ0v) is 12.0. The molecule has 2 rings (SSSR count). The van der Waals surface area contributed by atoms with Crippen molar-refractivity contribution in [2.75, 3.05) is 0 Å². The first kappa shape index (κ1) is 12.8. The van der Waals surface area contributed by atoms with Crippen molar-refractivity contribution in [3.63, 3.8) is 0 Å². The second kappa shape index (κ2) is 5.32. The van der Waals surface area contributed by atoms with Gasteiger partial charge in [-0.1, -0.05) is 36.7 Å². The van der Waals surface area contributed by atoms with Crippen LogP contribution in [0.4, 0.5) is 0 Å². The SMILES string of the molecule is C/C=C\C1=C(C)SCc2cc(Cl)ccc2C1C. The molecule has 0 aromatic heterocycles. The average Bonchev–Trinajstić information content (AvgIpc) is 2.41. The summed E-state index contributed by atoms with van der Waals surface area (Å²) in [5, 5.41) is 0.837. The molecule has 0 fully saturated rings. The van der Waals surface area contributed by atoms with Crippen molar-refractivity contribution < 1.29 is 0 Å². The molecular weight excluding hydrogens is 248 g/mol. The average molecular weight is 265 g/mol. The maximum atomic E-state index is 6.07. The molecule has 1 aromatic carbocycles. The zero-order valence-electron chi connectivity index (χ0n) is 10.5. The van der Waals surface area contributed by atoms with Crippen molar-refractivity contribution in [1.82, 2.24) is 0 Å². The molecule has 0 aliphatic carbocycles. The van der Waals surface area contributed by atoms with Gasteiger partial charge in [0.15, 0.2) is 0 Å². The van der Waals surface area contributed by atoms with Crippen LogP contribution in [0, 0.1) is 0 Å². The van der Waals surface area contributed by atoms with E-state index < -0.39 is 0 Å². The Bertz CT molecular complexity index is 486. The third kappa shape index (κ3) is 2.61. The fraction of sp³-hybridized carbons (Fsp3) is 0.333. The van der Waals surface area contributed by atoms with E-state index in [0.29, 0.717) is 5.92 Å². The lowest BCUT2D eigenvalue weighted by Gasteiger charge is -2.15. The largest absolute Gasteiger partial charge is 0.126 e. The van der Waals surface area contributed by atoms with Crippen molar-refractivity contribution in [1.29, 1.82) is 0 Å². The topological polar surface area (TPSA) is 0 Å². The number of allylic oxidation sites excluding steroid dienone is 4.